The Morgan fingerprint density at radius 3 is 2.61 bits per heavy atom. The Morgan fingerprint density at radius 2 is 1.90 bits per heavy atom. The zero-order valence-corrected chi connectivity index (χ0v) is 19.1. The SMILES string of the molecule is CSCCC(NS(=O)(=O)c1ccccc1F)C(=O)NCC1CCN(c2ccccc2)C1. The molecule has 0 aliphatic carbocycles. The smallest absolute Gasteiger partial charge is 0.244 e. The second-order valence-electron chi connectivity index (χ2n) is 7.57. The molecule has 2 aromatic carbocycles. The fourth-order valence-electron chi connectivity index (χ4n) is 3.63. The number of sulfonamides is 1. The number of para-hydroxylation sites is 1. The summed E-state index contributed by atoms with van der Waals surface area (Å²) in [5, 5.41) is 2.90. The lowest BCUT2D eigenvalue weighted by atomic mass is 10.1. The van der Waals surface area contributed by atoms with Gasteiger partial charge in [-0.05, 0) is 55.0 Å². The maximum Gasteiger partial charge on any atom is 0.244 e. The van der Waals surface area contributed by atoms with Crippen LogP contribution in [0.25, 0.3) is 0 Å². The second-order valence-corrected chi connectivity index (χ2v) is 10.2. The van der Waals surface area contributed by atoms with Crippen molar-refractivity contribution in [3.8, 4) is 0 Å². The monoisotopic (exact) mass is 465 g/mol. The van der Waals surface area contributed by atoms with Crippen molar-refractivity contribution in [3.05, 3.63) is 60.4 Å². The van der Waals surface area contributed by atoms with Gasteiger partial charge in [0, 0.05) is 25.3 Å². The van der Waals surface area contributed by atoms with Crippen molar-refractivity contribution in [2.24, 2.45) is 5.92 Å². The summed E-state index contributed by atoms with van der Waals surface area (Å²) in [4.78, 5) is 14.6. The number of carbonyl (C=O) groups excluding carboxylic acids is 1. The Bertz CT molecular complexity index is 973. The third-order valence-corrected chi connectivity index (χ3v) is 7.47. The Morgan fingerprint density at radius 1 is 1.19 bits per heavy atom. The van der Waals surface area contributed by atoms with E-state index in [1.165, 1.54) is 30.0 Å². The van der Waals surface area contributed by atoms with Crippen LogP contribution in [0.3, 0.4) is 0 Å². The van der Waals surface area contributed by atoms with Gasteiger partial charge < -0.3 is 10.2 Å². The summed E-state index contributed by atoms with van der Waals surface area (Å²) < 4.78 is 41.7. The first-order valence-electron chi connectivity index (χ1n) is 10.2. The third-order valence-electron chi connectivity index (χ3n) is 5.32. The van der Waals surface area contributed by atoms with E-state index in [1.807, 2.05) is 24.5 Å². The Kier molecular flexibility index (Phi) is 8.34. The molecule has 3 rings (SSSR count). The topological polar surface area (TPSA) is 78.5 Å². The number of hydrogen-bond donors (Lipinski definition) is 2. The van der Waals surface area contributed by atoms with E-state index < -0.39 is 26.8 Å². The van der Waals surface area contributed by atoms with Crippen molar-refractivity contribution in [3.63, 3.8) is 0 Å². The summed E-state index contributed by atoms with van der Waals surface area (Å²) in [7, 11) is -4.15. The average Bonchev–Trinajstić information content (AvgIpc) is 3.25. The molecule has 2 atom stereocenters. The van der Waals surface area contributed by atoms with Crippen molar-refractivity contribution in [2.45, 2.75) is 23.8 Å². The highest BCUT2D eigenvalue weighted by molar-refractivity contribution is 7.98. The van der Waals surface area contributed by atoms with Crippen molar-refractivity contribution in [1.82, 2.24) is 10.0 Å². The molecule has 31 heavy (non-hydrogen) atoms. The number of nitrogens with one attached hydrogen (secondary N) is 2. The first-order chi connectivity index (χ1) is 14.9. The molecule has 168 valence electrons. The van der Waals surface area contributed by atoms with E-state index in [0.717, 1.165) is 31.3 Å². The molecule has 2 N–H and O–H groups in total. The number of halogens is 1. The molecule has 0 saturated carbocycles. The van der Waals surface area contributed by atoms with Crippen molar-refractivity contribution < 1.29 is 17.6 Å². The molecule has 0 spiro atoms. The van der Waals surface area contributed by atoms with Gasteiger partial charge in [0.1, 0.15) is 16.8 Å². The Labute approximate surface area is 187 Å². The Balaban J connectivity index is 1.59. The van der Waals surface area contributed by atoms with Crippen LogP contribution in [-0.2, 0) is 14.8 Å². The van der Waals surface area contributed by atoms with Crippen molar-refractivity contribution in [1.29, 1.82) is 0 Å². The van der Waals surface area contributed by atoms with E-state index >= 15 is 0 Å². The largest absolute Gasteiger partial charge is 0.371 e. The molecule has 1 heterocycles. The van der Waals surface area contributed by atoms with Crippen LogP contribution in [0.15, 0.2) is 59.5 Å². The highest BCUT2D eigenvalue weighted by atomic mass is 32.2. The van der Waals surface area contributed by atoms with Gasteiger partial charge >= 0.3 is 0 Å². The minimum atomic E-state index is -4.15. The number of benzene rings is 2. The predicted molar refractivity (Wildman–Crippen MR) is 123 cm³/mol. The first kappa shape index (κ1) is 23.6. The van der Waals surface area contributed by atoms with E-state index in [0.29, 0.717) is 18.7 Å². The normalized spacial score (nSPS) is 17.5. The fraction of sp³-hybridized carbons (Fsp3) is 0.409. The number of anilines is 1. The van der Waals surface area contributed by atoms with Gasteiger partial charge in [-0.3, -0.25) is 4.79 Å². The maximum atomic E-state index is 14.0. The summed E-state index contributed by atoms with van der Waals surface area (Å²) in [6, 6.07) is 14.3. The number of amides is 1. The lowest BCUT2D eigenvalue weighted by Gasteiger charge is -2.21. The van der Waals surface area contributed by atoms with Crippen molar-refractivity contribution in [2.75, 3.05) is 36.5 Å². The van der Waals surface area contributed by atoms with Crippen LogP contribution in [0.5, 0.6) is 0 Å². The highest BCUT2D eigenvalue weighted by Gasteiger charge is 2.29. The van der Waals surface area contributed by atoms with E-state index in [-0.39, 0.29) is 11.8 Å². The maximum absolute atomic E-state index is 14.0. The molecule has 6 nitrogen and oxygen atoms in total. The number of carbonyl (C=O) groups is 1. The van der Waals surface area contributed by atoms with Crippen LogP contribution < -0.4 is 14.9 Å². The van der Waals surface area contributed by atoms with E-state index in [1.54, 1.807) is 0 Å². The van der Waals surface area contributed by atoms with Crippen LogP contribution in [0, 0.1) is 11.7 Å². The van der Waals surface area contributed by atoms with Gasteiger partial charge in [-0.2, -0.15) is 16.5 Å². The van der Waals surface area contributed by atoms with Crippen LogP contribution in [0.2, 0.25) is 0 Å². The van der Waals surface area contributed by atoms with Gasteiger partial charge in [0.15, 0.2) is 0 Å². The molecule has 0 bridgehead atoms. The van der Waals surface area contributed by atoms with Gasteiger partial charge in [0.05, 0.1) is 0 Å². The minimum Gasteiger partial charge on any atom is -0.371 e. The van der Waals surface area contributed by atoms with Crippen LogP contribution in [0.1, 0.15) is 12.8 Å². The fourth-order valence-corrected chi connectivity index (χ4v) is 5.41. The molecular formula is C22H28FN3O3S2. The molecule has 9 heteroatoms. The lowest BCUT2D eigenvalue weighted by molar-refractivity contribution is -0.122. The molecule has 0 aromatic heterocycles. The van der Waals surface area contributed by atoms with Gasteiger partial charge in [0.25, 0.3) is 0 Å². The molecule has 1 fully saturated rings. The molecule has 2 aromatic rings. The molecule has 2 unspecified atom stereocenters. The zero-order valence-electron chi connectivity index (χ0n) is 17.5. The predicted octanol–water partition coefficient (Wildman–Crippen LogP) is 2.87. The summed E-state index contributed by atoms with van der Waals surface area (Å²) in [5.41, 5.74) is 1.16. The second kappa shape index (κ2) is 11.0. The minimum absolute atomic E-state index is 0.286. The quantitative estimate of drug-likeness (QED) is 0.564. The van der Waals surface area contributed by atoms with Gasteiger partial charge in [-0.1, -0.05) is 30.3 Å². The average molecular weight is 466 g/mol. The molecular weight excluding hydrogens is 437 g/mol. The van der Waals surface area contributed by atoms with Crippen molar-refractivity contribution >= 4 is 33.4 Å². The van der Waals surface area contributed by atoms with Gasteiger partial charge in [0.2, 0.25) is 15.9 Å². The third kappa shape index (κ3) is 6.44. The van der Waals surface area contributed by atoms with Gasteiger partial charge in [-0.15, -0.1) is 0 Å². The van der Waals surface area contributed by atoms with E-state index in [4.69, 9.17) is 0 Å². The summed E-state index contributed by atoms with van der Waals surface area (Å²) in [6.07, 6.45) is 3.16. The number of thioether (sulfide) groups is 1. The highest BCUT2D eigenvalue weighted by Crippen LogP contribution is 2.23. The Hall–Kier alpha value is -2.10. The summed E-state index contributed by atoms with van der Waals surface area (Å²) in [5.74, 6) is -0.338. The summed E-state index contributed by atoms with van der Waals surface area (Å²) >= 11 is 1.52. The molecule has 1 amide bonds. The lowest BCUT2D eigenvalue weighted by Crippen LogP contribution is -2.48. The van der Waals surface area contributed by atoms with Crippen LogP contribution >= 0.6 is 11.8 Å². The van der Waals surface area contributed by atoms with E-state index in [9.17, 15) is 17.6 Å². The van der Waals surface area contributed by atoms with Gasteiger partial charge in [-0.25, -0.2) is 12.8 Å². The number of rotatable bonds is 10. The van der Waals surface area contributed by atoms with Crippen LogP contribution in [0.4, 0.5) is 10.1 Å². The number of hydrogen-bond acceptors (Lipinski definition) is 5. The molecule has 1 aliphatic rings. The summed E-state index contributed by atoms with van der Waals surface area (Å²) in [6.45, 7) is 2.22. The molecule has 1 saturated heterocycles. The zero-order chi connectivity index (χ0) is 22.3. The van der Waals surface area contributed by atoms with Crippen LogP contribution in [-0.4, -0.2) is 52.0 Å². The molecule has 1 aliphatic heterocycles. The number of nitrogens with zero attached hydrogens (tertiary/aromatic N) is 1. The van der Waals surface area contributed by atoms with E-state index in [2.05, 4.69) is 27.1 Å². The standard InChI is InChI=1S/C22H28FN3O3S2/c1-30-14-12-20(25-31(28,29)21-10-6-5-9-19(21)23)22(27)24-15-17-11-13-26(16-17)18-7-3-2-4-8-18/h2-10,17,20,25H,11-16H2,1H3,(H,24,27). The first-order valence-corrected chi connectivity index (χ1v) is 13.1. The molecule has 0 radical (unpaired) electrons.